The molecule has 1 N–H and O–H groups in total. The molecule has 1 amide bonds. The quantitative estimate of drug-likeness (QED) is 0.648. The molecule has 0 radical (unpaired) electrons. The van der Waals surface area contributed by atoms with Crippen LogP contribution < -0.4 is 5.32 Å². The molecule has 1 aromatic heterocycles. The predicted molar refractivity (Wildman–Crippen MR) is 88.3 cm³/mol. The lowest BCUT2D eigenvalue weighted by atomic mass is 10.2. The SMILES string of the molecule is CCCCOC(=O)c1ccc2nc(NC(=O)C(C)C)sc2c1. The van der Waals surface area contributed by atoms with Crippen molar-refractivity contribution in [2.24, 2.45) is 5.92 Å². The largest absolute Gasteiger partial charge is 0.462 e. The van der Waals surface area contributed by atoms with Gasteiger partial charge in [-0.3, -0.25) is 4.79 Å². The van der Waals surface area contributed by atoms with Gasteiger partial charge in [-0.25, -0.2) is 9.78 Å². The summed E-state index contributed by atoms with van der Waals surface area (Å²) in [5, 5.41) is 3.32. The molecule has 0 saturated carbocycles. The maximum atomic E-state index is 11.9. The van der Waals surface area contributed by atoms with E-state index in [2.05, 4.69) is 10.3 Å². The number of thiazole rings is 1. The van der Waals surface area contributed by atoms with Gasteiger partial charge in [0, 0.05) is 5.92 Å². The first-order valence-electron chi connectivity index (χ1n) is 7.40. The molecule has 22 heavy (non-hydrogen) atoms. The number of rotatable bonds is 6. The van der Waals surface area contributed by atoms with E-state index in [9.17, 15) is 9.59 Å². The highest BCUT2D eigenvalue weighted by atomic mass is 32.1. The van der Waals surface area contributed by atoms with Crippen LogP contribution >= 0.6 is 11.3 Å². The van der Waals surface area contributed by atoms with Crippen molar-refractivity contribution in [3.05, 3.63) is 23.8 Å². The zero-order valence-corrected chi connectivity index (χ0v) is 13.8. The van der Waals surface area contributed by atoms with E-state index in [1.165, 1.54) is 11.3 Å². The first kappa shape index (κ1) is 16.4. The number of unbranched alkanes of at least 4 members (excludes halogenated alkanes) is 1. The van der Waals surface area contributed by atoms with Crippen molar-refractivity contribution in [1.29, 1.82) is 0 Å². The highest BCUT2D eigenvalue weighted by Gasteiger charge is 2.13. The molecule has 0 aliphatic carbocycles. The van der Waals surface area contributed by atoms with E-state index in [1.54, 1.807) is 18.2 Å². The number of nitrogens with one attached hydrogen (secondary N) is 1. The third kappa shape index (κ3) is 4.04. The molecule has 118 valence electrons. The Balaban J connectivity index is 2.13. The van der Waals surface area contributed by atoms with Crippen LogP contribution in [0.1, 0.15) is 44.0 Å². The summed E-state index contributed by atoms with van der Waals surface area (Å²) in [6.07, 6.45) is 1.85. The van der Waals surface area contributed by atoms with Crippen LogP contribution in [-0.2, 0) is 9.53 Å². The number of fused-ring (bicyclic) bond motifs is 1. The lowest BCUT2D eigenvalue weighted by Crippen LogP contribution is -2.17. The van der Waals surface area contributed by atoms with Crippen LogP contribution in [0.3, 0.4) is 0 Å². The van der Waals surface area contributed by atoms with Gasteiger partial charge >= 0.3 is 5.97 Å². The number of amides is 1. The minimum atomic E-state index is -0.323. The van der Waals surface area contributed by atoms with Gasteiger partial charge in [-0.2, -0.15) is 0 Å². The molecular formula is C16H20N2O3S. The monoisotopic (exact) mass is 320 g/mol. The van der Waals surface area contributed by atoms with Gasteiger partial charge in [-0.05, 0) is 24.6 Å². The lowest BCUT2D eigenvalue weighted by Gasteiger charge is -2.03. The van der Waals surface area contributed by atoms with Crippen molar-refractivity contribution in [3.63, 3.8) is 0 Å². The smallest absolute Gasteiger partial charge is 0.338 e. The van der Waals surface area contributed by atoms with Gasteiger partial charge in [-0.1, -0.05) is 38.5 Å². The second-order valence-corrected chi connectivity index (χ2v) is 6.37. The normalized spacial score (nSPS) is 10.9. The molecule has 2 aromatic rings. The van der Waals surface area contributed by atoms with Gasteiger partial charge in [-0.15, -0.1) is 0 Å². The summed E-state index contributed by atoms with van der Waals surface area (Å²) < 4.78 is 6.05. The van der Waals surface area contributed by atoms with Crippen LogP contribution in [0.15, 0.2) is 18.2 Å². The molecule has 0 unspecified atom stereocenters. The maximum Gasteiger partial charge on any atom is 0.338 e. The lowest BCUT2D eigenvalue weighted by molar-refractivity contribution is -0.118. The van der Waals surface area contributed by atoms with Crippen LogP contribution in [0.2, 0.25) is 0 Å². The van der Waals surface area contributed by atoms with Crippen LogP contribution in [0.25, 0.3) is 10.2 Å². The Morgan fingerprint density at radius 2 is 2.14 bits per heavy atom. The molecule has 0 spiro atoms. The predicted octanol–water partition coefficient (Wildman–Crippen LogP) is 3.85. The summed E-state index contributed by atoms with van der Waals surface area (Å²) in [5.74, 6) is -0.495. The van der Waals surface area contributed by atoms with E-state index in [0.717, 1.165) is 23.1 Å². The van der Waals surface area contributed by atoms with E-state index in [0.29, 0.717) is 17.3 Å². The molecule has 5 nitrogen and oxygen atoms in total. The van der Waals surface area contributed by atoms with E-state index in [-0.39, 0.29) is 17.8 Å². The van der Waals surface area contributed by atoms with Crippen LogP contribution in [0.5, 0.6) is 0 Å². The van der Waals surface area contributed by atoms with E-state index >= 15 is 0 Å². The zero-order valence-electron chi connectivity index (χ0n) is 13.0. The Morgan fingerprint density at radius 1 is 1.36 bits per heavy atom. The van der Waals surface area contributed by atoms with Crippen molar-refractivity contribution in [2.45, 2.75) is 33.6 Å². The number of benzene rings is 1. The van der Waals surface area contributed by atoms with E-state index < -0.39 is 0 Å². The minimum Gasteiger partial charge on any atom is -0.462 e. The van der Waals surface area contributed by atoms with Gasteiger partial charge in [0.15, 0.2) is 5.13 Å². The standard InChI is InChI=1S/C16H20N2O3S/c1-4-5-8-21-15(20)11-6-7-12-13(9-11)22-16(17-12)18-14(19)10(2)3/h6-7,9-10H,4-5,8H2,1-3H3,(H,17,18,19). The third-order valence-corrected chi connectivity index (χ3v) is 4.04. The first-order valence-corrected chi connectivity index (χ1v) is 8.21. The summed E-state index contributed by atoms with van der Waals surface area (Å²) in [6, 6.07) is 5.23. The number of nitrogens with zero attached hydrogens (tertiary/aromatic N) is 1. The molecule has 6 heteroatoms. The van der Waals surface area contributed by atoms with Crippen molar-refractivity contribution in [1.82, 2.24) is 4.98 Å². The van der Waals surface area contributed by atoms with Gasteiger partial charge in [0.25, 0.3) is 0 Å². The second kappa shape index (κ2) is 7.35. The number of carbonyl (C=O) groups is 2. The molecule has 1 heterocycles. The number of ether oxygens (including phenoxy) is 1. The molecular weight excluding hydrogens is 300 g/mol. The van der Waals surface area contributed by atoms with Crippen molar-refractivity contribution in [2.75, 3.05) is 11.9 Å². The average molecular weight is 320 g/mol. The molecule has 0 saturated heterocycles. The Morgan fingerprint density at radius 3 is 2.82 bits per heavy atom. The zero-order chi connectivity index (χ0) is 16.1. The van der Waals surface area contributed by atoms with E-state index in [1.807, 2.05) is 20.8 Å². The number of hydrogen-bond donors (Lipinski definition) is 1. The minimum absolute atomic E-state index is 0.0711. The number of esters is 1. The highest BCUT2D eigenvalue weighted by Crippen LogP contribution is 2.27. The number of hydrogen-bond acceptors (Lipinski definition) is 5. The Hall–Kier alpha value is -1.95. The summed E-state index contributed by atoms with van der Waals surface area (Å²) in [7, 11) is 0. The highest BCUT2D eigenvalue weighted by molar-refractivity contribution is 7.22. The fraction of sp³-hybridized carbons (Fsp3) is 0.438. The summed E-state index contributed by atoms with van der Waals surface area (Å²) in [5.41, 5.74) is 1.27. The molecule has 0 aliphatic heterocycles. The van der Waals surface area contributed by atoms with Gasteiger partial charge < -0.3 is 10.1 Å². The molecule has 0 aliphatic rings. The third-order valence-electron chi connectivity index (χ3n) is 3.11. The molecule has 2 rings (SSSR count). The number of anilines is 1. The van der Waals surface area contributed by atoms with Crippen molar-refractivity contribution >= 4 is 38.6 Å². The summed E-state index contributed by atoms with van der Waals surface area (Å²) >= 11 is 1.35. The molecule has 1 aromatic carbocycles. The van der Waals surface area contributed by atoms with Crippen molar-refractivity contribution in [3.8, 4) is 0 Å². The summed E-state index contributed by atoms with van der Waals surface area (Å²) in [6.45, 7) is 6.14. The number of carbonyl (C=O) groups excluding carboxylic acids is 2. The maximum absolute atomic E-state index is 11.9. The topological polar surface area (TPSA) is 68.3 Å². The number of aromatic nitrogens is 1. The fourth-order valence-electron chi connectivity index (χ4n) is 1.75. The average Bonchev–Trinajstić information content (AvgIpc) is 2.88. The Bertz CT molecular complexity index is 679. The van der Waals surface area contributed by atoms with Gasteiger partial charge in [0.1, 0.15) is 0 Å². The van der Waals surface area contributed by atoms with Crippen molar-refractivity contribution < 1.29 is 14.3 Å². The Labute approximate surface area is 133 Å². The van der Waals surface area contributed by atoms with Crippen LogP contribution in [0.4, 0.5) is 5.13 Å². The molecule has 0 bridgehead atoms. The molecule has 0 atom stereocenters. The fourth-order valence-corrected chi connectivity index (χ4v) is 2.66. The van der Waals surface area contributed by atoms with Gasteiger partial charge in [0.05, 0.1) is 22.4 Å². The molecule has 0 fully saturated rings. The summed E-state index contributed by atoms with van der Waals surface area (Å²) in [4.78, 5) is 28.0. The van der Waals surface area contributed by atoms with Gasteiger partial charge in [0.2, 0.25) is 5.91 Å². The second-order valence-electron chi connectivity index (χ2n) is 5.33. The van der Waals surface area contributed by atoms with Crippen LogP contribution in [0, 0.1) is 5.92 Å². The first-order chi connectivity index (χ1) is 10.5. The van der Waals surface area contributed by atoms with E-state index in [4.69, 9.17) is 4.74 Å². The van der Waals surface area contributed by atoms with Crippen LogP contribution in [-0.4, -0.2) is 23.5 Å². The Kier molecular flexibility index (Phi) is 5.49.